The standard InChI is InChI=1S/C8H16.C2H4/c1-3-8-6-4-5-7(8)2;1-2/h7-8H,3-6H2,1-2H3;1-2H2. The maximum atomic E-state index is 3.00. The van der Waals surface area contributed by atoms with Gasteiger partial charge in [-0.05, 0) is 11.8 Å². The van der Waals surface area contributed by atoms with Crippen LogP contribution in [0.5, 0.6) is 0 Å². The van der Waals surface area contributed by atoms with E-state index in [1.165, 1.54) is 25.7 Å². The van der Waals surface area contributed by atoms with Crippen molar-refractivity contribution < 1.29 is 0 Å². The third kappa shape index (κ3) is 2.55. The van der Waals surface area contributed by atoms with Gasteiger partial charge < -0.3 is 0 Å². The molecule has 0 nitrogen and oxygen atoms in total. The Morgan fingerprint density at radius 1 is 1.30 bits per heavy atom. The van der Waals surface area contributed by atoms with Gasteiger partial charge in [-0.2, -0.15) is 0 Å². The number of hydrogen-bond acceptors (Lipinski definition) is 0. The van der Waals surface area contributed by atoms with Crippen LogP contribution in [0.3, 0.4) is 0 Å². The van der Waals surface area contributed by atoms with E-state index in [1.54, 1.807) is 0 Å². The van der Waals surface area contributed by atoms with Crippen molar-refractivity contribution in [3.63, 3.8) is 0 Å². The Morgan fingerprint density at radius 2 is 1.90 bits per heavy atom. The molecule has 0 saturated heterocycles. The highest BCUT2D eigenvalue weighted by Gasteiger charge is 2.20. The largest absolute Gasteiger partial charge is 0.106 e. The Balaban J connectivity index is 0.000000371. The SMILES string of the molecule is C=C.CCC1CCCC1C. The molecule has 10 heavy (non-hydrogen) atoms. The molecule has 1 aliphatic carbocycles. The highest BCUT2D eigenvalue weighted by molar-refractivity contribution is 4.72. The molecule has 2 unspecified atom stereocenters. The van der Waals surface area contributed by atoms with Gasteiger partial charge in [0.1, 0.15) is 0 Å². The molecule has 1 aliphatic rings. The van der Waals surface area contributed by atoms with Crippen molar-refractivity contribution in [3.8, 4) is 0 Å². The van der Waals surface area contributed by atoms with E-state index in [1.807, 2.05) is 0 Å². The minimum Gasteiger partial charge on any atom is -0.106 e. The lowest BCUT2D eigenvalue weighted by Gasteiger charge is -2.10. The lowest BCUT2D eigenvalue weighted by atomic mass is 9.96. The number of rotatable bonds is 1. The molecule has 1 rings (SSSR count). The molecule has 0 heterocycles. The zero-order valence-corrected chi connectivity index (χ0v) is 7.40. The molecule has 60 valence electrons. The minimum absolute atomic E-state index is 1.03. The van der Waals surface area contributed by atoms with Gasteiger partial charge in [0.05, 0.1) is 0 Å². The lowest BCUT2D eigenvalue weighted by Crippen LogP contribution is -2.00. The van der Waals surface area contributed by atoms with Gasteiger partial charge in [0, 0.05) is 0 Å². The summed E-state index contributed by atoms with van der Waals surface area (Å²) < 4.78 is 0. The Morgan fingerprint density at radius 3 is 2.10 bits per heavy atom. The molecule has 0 aromatic carbocycles. The maximum absolute atomic E-state index is 3.00. The average Bonchev–Trinajstić information content (AvgIpc) is 2.39. The molecular weight excluding hydrogens is 120 g/mol. The van der Waals surface area contributed by atoms with Gasteiger partial charge in [0.2, 0.25) is 0 Å². The van der Waals surface area contributed by atoms with Gasteiger partial charge in [-0.25, -0.2) is 0 Å². The Hall–Kier alpha value is -0.260. The van der Waals surface area contributed by atoms with Crippen LogP contribution < -0.4 is 0 Å². The van der Waals surface area contributed by atoms with E-state index >= 15 is 0 Å². The van der Waals surface area contributed by atoms with E-state index in [9.17, 15) is 0 Å². The fourth-order valence-corrected chi connectivity index (χ4v) is 1.83. The highest BCUT2D eigenvalue weighted by Crippen LogP contribution is 2.32. The predicted octanol–water partition coefficient (Wildman–Crippen LogP) is 3.63. The summed E-state index contributed by atoms with van der Waals surface area (Å²) >= 11 is 0. The van der Waals surface area contributed by atoms with Crippen LogP contribution in [0.2, 0.25) is 0 Å². The van der Waals surface area contributed by atoms with Gasteiger partial charge in [-0.3, -0.25) is 0 Å². The van der Waals surface area contributed by atoms with E-state index < -0.39 is 0 Å². The Kier molecular flexibility index (Phi) is 5.38. The summed E-state index contributed by atoms with van der Waals surface area (Å²) in [5.41, 5.74) is 0. The van der Waals surface area contributed by atoms with Crippen molar-refractivity contribution in [1.82, 2.24) is 0 Å². The molecule has 0 aromatic heterocycles. The summed E-state index contributed by atoms with van der Waals surface area (Å²) in [7, 11) is 0. The van der Waals surface area contributed by atoms with Crippen LogP contribution in [0.25, 0.3) is 0 Å². The summed E-state index contributed by atoms with van der Waals surface area (Å²) in [6.45, 7) is 10.7. The highest BCUT2D eigenvalue weighted by atomic mass is 14.3. The van der Waals surface area contributed by atoms with Crippen molar-refractivity contribution in [3.05, 3.63) is 13.2 Å². The average molecular weight is 140 g/mol. The van der Waals surface area contributed by atoms with E-state index in [4.69, 9.17) is 0 Å². The van der Waals surface area contributed by atoms with Crippen molar-refractivity contribution in [2.75, 3.05) is 0 Å². The molecule has 0 N–H and O–H groups in total. The van der Waals surface area contributed by atoms with Gasteiger partial charge in [0.15, 0.2) is 0 Å². The summed E-state index contributed by atoms with van der Waals surface area (Å²) in [5.74, 6) is 2.09. The summed E-state index contributed by atoms with van der Waals surface area (Å²) in [4.78, 5) is 0. The van der Waals surface area contributed by atoms with Crippen LogP contribution in [0, 0.1) is 11.8 Å². The second kappa shape index (κ2) is 5.52. The Bertz CT molecular complexity index is 76.1. The topological polar surface area (TPSA) is 0 Å². The third-order valence-corrected chi connectivity index (χ3v) is 2.56. The minimum atomic E-state index is 1.03. The van der Waals surface area contributed by atoms with Gasteiger partial charge in [-0.1, -0.05) is 39.5 Å². The van der Waals surface area contributed by atoms with Gasteiger partial charge in [-0.15, -0.1) is 13.2 Å². The number of hydrogen-bond donors (Lipinski definition) is 0. The van der Waals surface area contributed by atoms with Crippen molar-refractivity contribution >= 4 is 0 Å². The van der Waals surface area contributed by atoms with Gasteiger partial charge in [0.25, 0.3) is 0 Å². The molecule has 0 radical (unpaired) electrons. The first-order valence-electron chi connectivity index (χ1n) is 4.34. The molecule has 0 aliphatic heterocycles. The molecule has 0 bridgehead atoms. The first kappa shape index (κ1) is 9.74. The molecule has 1 fully saturated rings. The van der Waals surface area contributed by atoms with E-state index in [-0.39, 0.29) is 0 Å². The fraction of sp³-hybridized carbons (Fsp3) is 0.800. The first-order chi connectivity index (χ1) is 4.84. The third-order valence-electron chi connectivity index (χ3n) is 2.56. The monoisotopic (exact) mass is 140 g/mol. The first-order valence-corrected chi connectivity index (χ1v) is 4.34. The second-order valence-corrected chi connectivity index (χ2v) is 3.08. The van der Waals surface area contributed by atoms with Crippen LogP contribution in [0.4, 0.5) is 0 Å². The van der Waals surface area contributed by atoms with Crippen LogP contribution in [-0.4, -0.2) is 0 Å². The second-order valence-electron chi connectivity index (χ2n) is 3.08. The zero-order valence-electron chi connectivity index (χ0n) is 7.40. The molecule has 0 heteroatoms. The molecule has 0 amide bonds. The molecule has 1 saturated carbocycles. The van der Waals surface area contributed by atoms with Crippen molar-refractivity contribution in [2.45, 2.75) is 39.5 Å². The Labute approximate surface area is 65.3 Å². The molecule has 0 aromatic rings. The molecular formula is C10H20. The fourth-order valence-electron chi connectivity index (χ4n) is 1.83. The summed E-state index contributed by atoms with van der Waals surface area (Å²) in [6.07, 6.45) is 5.87. The van der Waals surface area contributed by atoms with Crippen LogP contribution in [0.15, 0.2) is 13.2 Å². The van der Waals surface area contributed by atoms with Crippen LogP contribution in [-0.2, 0) is 0 Å². The van der Waals surface area contributed by atoms with Crippen molar-refractivity contribution in [2.24, 2.45) is 11.8 Å². The van der Waals surface area contributed by atoms with Crippen LogP contribution in [0.1, 0.15) is 39.5 Å². The van der Waals surface area contributed by atoms with E-state index in [0.717, 1.165) is 11.8 Å². The van der Waals surface area contributed by atoms with E-state index in [0.29, 0.717) is 0 Å². The molecule has 2 atom stereocenters. The smallest absolute Gasteiger partial charge is 0.0391 e. The van der Waals surface area contributed by atoms with Crippen LogP contribution >= 0.6 is 0 Å². The normalized spacial score (nSPS) is 31.0. The summed E-state index contributed by atoms with van der Waals surface area (Å²) in [6, 6.07) is 0. The van der Waals surface area contributed by atoms with Gasteiger partial charge >= 0.3 is 0 Å². The van der Waals surface area contributed by atoms with Crippen molar-refractivity contribution in [1.29, 1.82) is 0 Å². The van der Waals surface area contributed by atoms with E-state index in [2.05, 4.69) is 27.0 Å². The molecule has 0 spiro atoms. The lowest BCUT2D eigenvalue weighted by molar-refractivity contribution is 0.407. The quantitative estimate of drug-likeness (QED) is 0.488. The predicted molar refractivity (Wildman–Crippen MR) is 48.1 cm³/mol. The summed E-state index contributed by atoms with van der Waals surface area (Å²) in [5, 5.41) is 0. The maximum Gasteiger partial charge on any atom is -0.0391 e. The zero-order chi connectivity index (χ0) is 7.98.